The highest BCUT2D eigenvalue weighted by molar-refractivity contribution is 5.98. The summed E-state index contributed by atoms with van der Waals surface area (Å²) in [7, 11) is 0. The first-order valence-corrected chi connectivity index (χ1v) is 12.3. The minimum Gasteiger partial charge on any atom is -0.490 e. The zero-order valence-electron chi connectivity index (χ0n) is 20.2. The third-order valence-corrected chi connectivity index (χ3v) is 5.91. The molecule has 2 aliphatic rings. The number of carbonyl (C=O) groups is 1. The summed E-state index contributed by atoms with van der Waals surface area (Å²) < 4.78 is 15.8. The van der Waals surface area contributed by atoms with Crippen LogP contribution in [0.5, 0.6) is 5.75 Å². The molecule has 0 aromatic heterocycles. The quantitative estimate of drug-likeness (QED) is 0.280. The number of aryl methyl sites for hydroxylation is 1. The van der Waals surface area contributed by atoms with E-state index in [0.29, 0.717) is 30.7 Å². The Hall–Kier alpha value is -2.33. The van der Waals surface area contributed by atoms with Gasteiger partial charge in [-0.15, -0.1) is 0 Å². The minimum absolute atomic E-state index is 0.0538. The highest BCUT2D eigenvalue weighted by atomic mass is 16.6. The molecule has 35 heavy (non-hydrogen) atoms. The van der Waals surface area contributed by atoms with Crippen molar-refractivity contribution in [3.8, 4) is 5.75 Å². The molecule has 5 atom stereocenters. The van der Waals surface area contributed by atoms with E-state index in [1.165, 1.54) is 0 Å². The summed E-state index contributed by atoms with van der Waals surface area (Å²) in [5.74, 6) is 0.591. The Morgan fingerprint density at radius 2 is 1.66 bits per heavy atom. The summed E-state index contributed by atoms with van der Waals surface area (Å²) in [4.78, 5) is 12.5. The fourth-order valence-corrected chi connectivity index (χ4v) is 4.01. The number of benzene rings is 2. The molecule has 0 amide bonds. The Balaban J connectivity index is 0.000000281. The second-order valence-electron chi connectivity index (χ2n) is 8.80. The van der Waals surface area contributed by atoms with Crippen molar-refractivity contribution in [1.29, 1.82) is 0 Å². The maximum atomic E-state index is 12.5. The van der Waals surface area contributed by atoms with E-state index < -0.39 is 18.3 Å². The molecule has 2 saturated heterocycles. The van der Waals surface area contributed by atoms with Crippen molar-refractivity contribution in [2.45, 2.75) is 56.7 Å². The maximum absolute atomic E-state index is 12.5. The van der Waals surface area contributed by atoms with E-state index in [0.717, 1.165) is 18.5 Å². The second kappa shape index (κ2) is 14.3. The molecule has 2 aromatic rings. The summed E-state index contributed by atoms with van der Waals surface area (Å²) in [5.41, 5.74) is 1.72. The smallest absolute Gasteiger partial charge is 0.166 e. The first kappa shape index (κ1) is 27.3. The lowest BCUT2D eigenvalue weighted by Crippen LogP contribution is -2.32. The lowest BCUT2D eigenvalue weighted by atomic mass is 10.0. The fourth-order valence-electron chi connectivity index (χ4n) is 4.01. The van der Waals surface area contributed by atoms with E-state index in [1.807, 2.05) is 42.5 Å². The predicted octanol–water partition coefficient (Wildman–Crippen LogP) is 1.75. The third kappa shape index (κ3) is 8.38. The van der Waals surface area contributed by atoms with Crippen LogP contribution in [0.15, 0.2) is 54.6 Å². The number of rotatable bonds is 11. The molecule has 2 heterocycles. The molecule has 2 aromatic carbocycles. The van der Waals surface area contributed by atoms with Crippen LogP contribution in [-0.2, 0) is 15.9 Å². The van der Waals surface area contributed by atoms with Crippen LogP contribution in [-0.4, -0.2) is 84.5 Å². The SMILES string of the molecule is CCCNCC(O)COc1ccccc1C(=O)CCc1ccccc1.O[C@@H]1CO[C@H]2[C@@H]1OC[C@@H]2O. The number of fused-ring (bicyclic) bond motifs is 1. The Morgan fingerprint density at radius 3 is 2.31 bits per heavy atom. The van der Waals surface area contributed by atoms with Crippen molar-refractivity contribution in [1.82, 2.24) is 5.32 Å². The number of ketones is 1. The number of nitrogens with one attached hydrogen (secondary N) is 1. The summed E-state index contributed by atoms with van der Waals surface area (Å²) in [6.07, 6.45) is -0.136. The molecule has 0 bridgehead atoms. The number of hydrogen-bond donors (Lipinski definition) is 4. The van der Waals surface area contributed by atoms with E-state index in [2.05, 4.69) is 12.2 Å². The maximum Gasteiger partial charge on any atom is 0.166 e. The van der Waals surface area contributed by atoms with Crippen LogP contribution in [0.4, 0.5) is 0 Å². The van der Waals surface area contributed by atoms with Gasteiger partial charge < -0.3 is 34.8 Å². The van der Waals surface area contributed by atoms with E-state index >= 15 is 0 Å². The van der Waals surface area contributed by atoms with Crippen molar-refractivity contribution in [3.63, 3.8) is 0 Å². The molecule has 8 nitrogen and oxygen atoms in total. The Bertz CT molecular complexity index is 878. The monoisotopic (exact) mass is 487 g/mol. The van der Waals surface area contributed by atoms with Gasteiger partial charge in [0.2, 0.25) is 0 Å². The molecule has 0 saturated carbocycles. The zero-order valence-corrected chi connectivity index (χ0v) is 20.2. The van der Waals surface area contributed by atoms with Crippen LogP contribution in [0.2, 0.25) is 0 Å². The molecule has 4 N–H and O–H groups in total. The molecule has 2 aliphatic heterocycles. The average molecular weight is 488 g/mol. The molecular weight excluding hydrogens is 450 g/mol. The largest absolute Gasteiger partial charge is 0.490 e. The standard InChI is InChI=1S/C21H27NO3.C6H10O4/c1-2-14-22-15-18(23)16-25-21-11-7-6-10-19(21)20(24)13-12-17-8-4-3-5-9-17;7-3-1-9-6-4(8)2-10-5(3)6/h3-11,18,22-23H,2,12-16H2,1H3;3-8H,1-2H2/t;3-,4+,5-,6-/m.1/s1. The van der Waals surface area contributed by atoms with Crippen LogP contribution in [0, 0.1) is 0 Å². The minimum atomic E-state index is -0.598. The van der Waals surface area contributed by atoms with Gasteiger partial charge in [-0.1, -0.05) is 49.4 Å². The third-order valence-electron chi connectivity index (χ3n) is 5.91. The highest BCUT2D eigenvalue weighted by Crippen LogP contribution is 2.26. The van der Waals surface area contributed by atoms with Crippen LogP contribution in [0.1, 0.15) is 35.7 Å². The first-order chi connectivity index (χ1) is 17.0. The van der Waals surface area contributed by atoms with E-state index in [-0.39, 0.29) is 37.8 Å². The molecule has 1 unspecified atom stereocenters. The topological polar surface area (TPSA) is 117 Å². The van der Waals surface area contributed by atoms with Gasteiger partial charge in [-0.05, 0) is 37.1 Å². The molecule has 0 aliphatic carbocycles. The van der Waals surface area contributed by atoms with Gasteiger partial charge in [-0.25, -0.2) is 0 Å². The van der Waals surface area contributed by atoms with Gasteiger partial charge in [0, 0.05) is 13.0 Å². The first-order valence-electron chi connectivity index (χ1n) is 12.3. The van der Waals surface area contributed by atoms with E-state index in [4.69, 9.17) is 24.4 Å². The van der Waals surface area contributed by atoms with Gasteiger partial charge in [0.25, 0.3) is 0 Å². The molecule has 8 heteroatoms. The van der Waals surface area contributed by atoms with Crippen LogP contribution >= 0.6 is 0 Å². The van der Waals surface area contributed by atoms with Crippen LogP contribution < -0.4 is 10.1 Å². The fraction of sp³-hybridized carbons (Fsp3) is 0.519. The van der Waals surface area contributed by atoms with E-state index in [9.17, 15) is 9.90 Å². The van der Waals surface area contributed by atoms with Crippen molar-refractivity contribution in [3.05, 3.63) is 65.7 Å². The summed E-state index contributed by atoms with van der Waals surface area (Å²) in [6, 6.07) is 17.2. The van der Waals surface area contributed by atoms with Gasteiger partial charge in [0.05, 0.1) is 18.8 Å². The number of aliphatic hydroxyl groups is 3. The van der Waals surface area contributed by atoms with Crippen LogP contribution in [0.25, 0.3) is 0 Å². The molecule has 0 radical (unpaired) electrons. The Morgan fingerprint density at radius 1 is 1.03 bits per heavy atom. The number of Topliss-reactive ketones (excluding diaryl/α,β-unsaturated/α-hetero) is 1. The number of aliphatic hydroxyl groups excluding tert-OH is 3. The van der Waals surface area contributed by atoms with Crippen molar-refractivity contribution in [2.24, 2.45) is 0 Å². The van der Waals surface area contributed by atoms with Gasteiger partial charge >= 0.3 is 0 Å². The average Bonchev–Trinajstić information content (AvgIpc) is 3.45. The van der Waals surface area contributed by atoms with Gasteiger partial charge in [0.1, 0.15) is 42.9 Å². The molecule has 2 fully saturated rings. The lowest BCUT2D eigenvalue weighted by Gasteiger charge is -2.15. The van der Waals surface area contributed by atoms with Crippen LogP contribution in [0.3, 0.4) is 0 Å². The normalized spacial score (nSPS) is 23.8. The Kier molecular flexibility index (Phi) is 11.1. The van der Waals surface area contributed by atoms with Crippen molar-refractivity contribution >= 4 is 5.78 Å². The molecule has 192 valence electrons. The zero-order chi connectivity index (χ0) is 25.0. The molecule has 4 rings (SSSR count). The van der Waals surface area contributed by atoms with Gasteiger partial charge in [-0.2, -0.15) is 0 Å². The van der Waals surface area contributed by atoms with E-state index in [1.54, 1.807) is 12.1 Å². The van der Waals surface area contributed by atoms with Crippen molar-refractivity contribution < 1.29 is 34.3 Å². The summed E-state index contributed by atoms with van der Waals surface area (Å²) in [6.45, 7) is 4.16. The Labute approximate surface area is 206 Å². The summed E-state index contributed by atoms with van der Waals surface area (Å²) >= 11 is 0. The molecular formula is C27H37NO7. The number of carbonyl (C=O) groups excluding carboxylic acids is 1. The second-order valence-corrected chi connectivity index (χ2v) is 8.80. The summed E-state index contributed by atoms with van der Waals surface area (Å²) in [5, 5.41) is 31.4. The van der Waals surface area contributed by atoms with Crippen molar-refractivity contribution in [2.75, 3.05) is 32.9 Å². The lowest BCUT2D eigenvalue weighted by molar-refractivity contribution is 0.00205. The van der Waals surface area contributed by atoms with Gasteiger partial charge in [0.15, 0.2) is 5.78 Å². The number of para-hydroxylation sites is 1. The predicted molar refractivity (Wildman–Crippen MR) is 132 cm³/mol. The molecule has 0 spiro atoms. The van der Waals surface area contributed by atoms with Gasteiger partial charge in [-0.3, -0.25) is 4.79 Å². The highest BCUT2D eigenvalue weighted by Gasteiger charge is 2.46. The number of ether oxygens (including phenoxy) is 3. The number of hydrogen-bond acceptors (Lipinski definition) is 8.